The molecule has 0 spiro atoms. The van der Waals surface area contributed by atoms with Gasteiger partial charge in [0, 0.05) is 5.56 Å². The molecule has 17 heavy (non-hydrogen) atoms. The average molecular weight is 240 g/mol. The third-order valence-electron chi connectivity index (χ3n) is 2.21. The predicted molar refractivity (Wildman–Crippen MR) is 54.4 cm³/mol. The van der Waals surface area contributed by atoms with E-state index in [4.69, 9.17) is 5.26 Å². The molecule has 0 aliphatic rings. The molecule has 1 aromatic heterocycles. The van der Waals surface area contributed by atoms with Crippen LogP contribution in [-0.4, -0.2) is 18.1 Å². The highest BCUT2D eigenvalue weighted by molar-refractivity contribution is 5.72. The third kappa shape index (κ3) is 2.97. The highest BCUT2D eigenvalue weighted by Crippen LogP contribution is 2.24. The number of nitriles is 1. The molecule has 0 aliphatic heterocycles. The molecule has 0 aromatic carbocycles. The van der Waals surface area contributed by atoms with E-state index in [1.165, 1.54) is 13.0 Å². The Labute approximate surface area is 96.8 Å². The van der Waals surface area contributed by atoms with Crippen molar-refractivity contribution in [2.75, 3.05) is 7.11 Å². The molecular weight excluding hydrogens is 230 g/mol. The number of carbonyl (C=O) groups excluding carboxylic acids is 1. The van der Waals surface area contributed by atoms with Gasteiger partial charge in [-0.05, 0) is 18.6 Å². The van der Waals surface area contributed by atoms with Crippen molar-refractivity contribution in [2.45, 2.75) is 19.8 Å². The zero-order valence-electron chi connectivity index (χ0n) is 9.33. The van der Waals surface area contributed by atoms with Crippen LogP contribution in [0.5, 0.6) is 0 Å². The molecule has 1 rings (SSSR count). The van der Waals surface area contributed by atoms with Gasteiger partial charge < -0.3 is 4.74 Å². The Balaban J connectivity index is 3.25. The number of hydrogen-bond donors (Lipinski definition) is 0. The van der Waals surface area contributed by atoms with E-state index in [1.807, 2.05) is 0 Å². The van der Waals surface area contributed by atoms with Crippen molar-refractivity contribution < 1.29 is 18.3 Å². The number of halogens is 2. The Kier molecular flexibility index (Phi) is 4.10. The van der Waals surface area contributed by atoms with Crippen molar-refractivity contribution in [3.8, 4) is 6.07 Å². The maximum Gasteiger partial charge on any atom is 0.311 e. The number of ether oxygens (including phenoxy) is 1. The van der Waals surface area contributed by atoms with E-state index in [9.17, 15) is 13.6 Å². The molecule has 0 atom stereocenters. The number of carbonyl (C=O) groups is 1. The van der Waals surface area contributed by atoms with E-state index >= 15 is 0 Å². The number of esters is 1. The summed E-state index contributed by atoms with van der Waals surface area (Å²) in [5.41, 5.74) is -0.0642. The highest BCUT2D eigenvalue weighted by Gasteiger charge is 2.19. The Morgan fingerprint density at radius 3 is 2.76 bits per heavy atom. The standard InChI is InChI=1S/C11H10F2N2O2/c1-6-3-7(11(12)13)8(4-10(16)17-2)15-9(6)5-14/h3,11H,4H2,1-2H3. The van der Waals surface area contributed by atoms with Gasteiger partial charge in [-0.15, -0.1) is 0 Å². The van der Waals surface area contributed by atoms with E-state index < -0.39 is 12.4 Å². The lowest BCUT2D eigenvalue weighted by atomic mass is 10.1. The number of nitrogens with zero attached hydrogens (tertiary/aromatic N) is 2. The summed E-state index contributed by atoms with van der Waals surface area (Å²) in [6.07, 6.45) is -3.11. The number of alkyl halides is 2. The van der Waals surface area contributed by atoms with E-state index in [0.29, 0.717) is 5.56 Å². The van der Waals surface area contributed by atoms with Crippen LogP contribution in [0.1, 0.15) is 28.9 Å². The van der Waals surface area contributed by atoms with Gasteiger partial charge in [-0.1, -0.05) is 0 Å². The molecular formula is C11H10F2N2O2. The number of pyridine rings is 1. The Morgan fingerprint density at radius 2 is 2.29 bits per heavy atom. The minimum Gasteiger partial charge on any atom is -0.469 e. The monoisotopic (exact) mass is 240 g/mol. The van der Waals surface area contributed by atoms with Gasteiger partial charge >= 0.3 is 5.97 Å². The van der Waals surface area contributed by atoms with Crippen molar-refractivity contribution in [1.82, 2.24) is 4.98 Å². The smallest absolute Gasteiger partial charge is 0.311 e. The first-order valence-corrected chi connectivity index (χ1v) is 4.75. The van der Waals surface area contributed by atoms with Crippen LogP contribution in [-0.2, 0) is 16.0 Å². The van der Waals surface area contributed by atoms with Crippen LogP contribution in [0.2, 0.25) is 0 Å². The number of rotatable bonds is 3. The minimum atomic E-state index is -2.74. The maximum atomic E-state index is 12.7. The Bertz CT molecular complexity index is 481. The minimum absolute atomic E-state index is 0.0355. The Morgan fingerprint density at radius 1 is 1.65 bits per heavy atom. The van der Waals surface area contributed by atoms with Gasteiger partial charge in [0.1, 0.15) is 11.8 Å². The van der Waals surface area contributed by atoms with Crippen molar-refractivity contribution in [3.05, 3.63) is 28.6 Å². The number of methoxy groups -OCH3 is 1. The van der Waals surface area contributed by atoms with Gasteiger partial charge in [0.15, 0.2) is 0 Å². The molecule has 0 radical (unpaired) electrons. The topological polar surface area (TPSA) is 63.0 Å². The van der Waals surface area contributed by atoms with E-state index in [1.54, 1.807) is 6.07 Å². The molecule has 0 fully saturated rings. The lowest BCUT2D eigenvalue weighted by Crippen LogP contribution is -2.11. The SMILES string of the molecule is COC(=O)Cc1nc(C#N)c(C)cc1C(F)F. The molecule has 6 heteroatoms. The highest BCUT2D eigenvalue weighted by atomic mass is 19.3. The molecule has 90 valence electrons. The van der Waals surface area contributed by atoms with Crippen molar-refractivity contribution >= 4 is 5.97 Å². The van der Waals surface area contributed by atoms with Gasteiger partial charge in [-0.25, -0.2) is 13.8 Å². The summed E-state index contributed by atoms with van der Waals surface area (Å²) in [4.78, 5) is 14.8. The van der Waals surface area contributed by atoms with Gasteiger partial charge in [0.25, 0.3) is 6.43 Å². The first kappa shape index (κ1) is 13.0. The van der Waals surface area contributed by atoms with Crippen molar-refractivity contribution in [3.63, 3.8) is 0 Å². The van der Waals surface area contributed by atoms with Crippen LogP contribution in [0.3, 0.4) is 0 Å². The Hall–Kier alpha value is -2.03. The molecule has 0 saturated carbocycles. The van der Waals surface area contributed by atoms with E-state index in [0.717, 1.165) is 7.11 Å². The van der Waals surface area contributed by atoms with Gasteiger partial charge in [0.2, 0.25) is 0 Å². The summed E-state index contributed by atoms with van der Waals surface area (Å²) in [7, 11) is 1.16. The quantitative estimate of drug-likeness (QED) is 0.757. The lowest BCUT2D eigenvalue weighted by Gasteiger charge is -2.09. The summed E-state index contributed by atoms with van der Waals surface area (Å²) in [6.45, 7) is 1.51. The molecule has 0 unspecified atom stereocenters. The second-order valence-corrected chi connectivity index (χ2v) is 3.36. The predicted octanol–water partition coefficient (Wildman–Crippen LogP) is 1.91. The summed E-state index contributed by atoms with van der Waals surface area (Å²) >= 11 is 0. The average Bonchev–Trinajstić information content (AvgIpc) is 2.30. The molecule has 4 nitrogen and oxygen atoms in total. The van der Waals surface area contributed by atoms with Gasteiger partial charge in [0.05, 0.1) is 19.2 Å². The van der Waals surface area contributed by atoms with E-state index in [2.05, 4.69) is 9.72 Å². The molecule has 0 aliphatic carbocycles. The zero-order valence-corrected chi connectivity index (χ0v) is 9.33. The van der Waals surface area contributed by atoms with Crippen molar-refractivity contribution in [1.29, 1.82) is 5.26 Å². The summed E-state index contributed by atoms with van der Waals surface area (Å²) in [6, 6.07) is 2.96. The van der Waals surface area contributed by atoms with Crippen LogP contribution in [0.15, 0.2) is 6.07 Å². The van der Waals surface area contributed by atoms with Gasteiger partial charge in [-0.3, -0.25) is 4.79 Å². The second kappa shape index (κ2) is 5.34. The fourth-order valence-corrected chi connectivity index (χ4v) is 1.33. The van der Waals surface area contributed by atoms with Crippen LogP contribution in [0.4, 0.5) is 8.78 Å². The molecule has 0 saturated heterocycles. The lowest BCUT2D eigenvalue weighted by molar-refractivity contribution is -0.139. The largest absolute Gasteiger partial charge is 0.469 e. The summed E-state index contributed by atoms with van der Waals surface area (Å²) in [5.74, 6) is -0.674. The number of aromatic nitrogens is 1. The third-order valence-corrected chi connectivity index (χ3v) is 2.21. The molecule has 1 heterocycles. The zero-order chi connectivity index (χ0) is 13.0. The molecule has 1 aromatic rings. The summed E-state index contributed by atoms with van der Waals surface area (Å²) < 4.78 is 29.8. The maximum absolute atomic E-state index is 12.7. The molecule has 0 bridgehead atoms. The first-order chi connectivity index (χ1) is 7.99. The van der Waals surface area contributed by atoms with Crippen LogP contribution < -0.4 is 0 Å². The normalized spacial score (nSPS) is 10.1. The van der Waals surface area contributed by atoms with Crippen LogP contribution >= 0.6 is 0 Å². The van der Waals surface area contributed by atoms with Crippen LogP contribution in [0.25, 0.3) is 0 Å². The fourth-order valence-electron chi connectivity index (χ4n) is 1.33. The summed E-state index contributed by atoms with van der Waals surface area (Å²) in [5, 5.41) is 8.75. The van der Waals surface area contributed by atoms with E-state index in [-0.39, 0.29) is 23.4 Å². The van der Waals surface area contributed by atoms with Gasteiger partial charge in [-0.2, -0.15) is 5.26 Å². The number of aryl methyl sites for hydroxylation is 1. The molecule has 0 N–H and O–H groups in total. The fraction of sp³-hybridized carbons (Fsp3) is 0.364. The molecule has 0 amide bonds. The second-order valence-electron chi connectivity index (χ2n) is 3.36. The number of hydrogen-bond acceptors (Lipinski definition) is 4. The first-order valence-electron chi connectivity index (χ1n) is 4.75. The van der Waals surface area contributed by atoms with Crippen molar-refractivity contribution in [2.24, 2.45) is 0 Å². The van der Waals surface area contributed by atoms with Crippen LogP contribution in [0, 0.1) is 18.3 Å².